The third-order valence-corrected chi connectivity index (χ3v) is 3.86. The monoisotopic (exact) mass is 304 g/mol. The number of hydrogen-bond donors (Lipinski definition) is 2. The molecule has 2 aromatic carbocycles. The highest BCUT2D eigenvalue weighted by Gasteiger charge is 2.09. The maximum Gasteiger partial charge on any atom is 0.0626 e. The molecule has 0 fully saturated rings. The largest absolute Gasteiger partial charge is 0.394 e. The molecular weight excluding hydrogens is 284 g/mol. The quantitative estimate of drug-likeness (QED) is 0.732. The van der Waals surface area contributed by atoms with Gasteiger partial charge >= 0.3 is 0 Å². The number of aromatic nitrogens is 1. The van der Waals surface area contributed by atoms with Gasteiger partial charge in [-0.05, 0) is 34.4 Å². The van der Waals surface area contributed by atoms with E-state index in [1.165, 1.54) is 5.56 Å². The first-order chi connectivity index (χ1) is 11.4. The summed E-state index contributed by atoms with van der Waals surface area (Å²) >= 11 is 0. The van der Waals surface area contributed by atoms with E-state index >= 15 is 0 Å². The van der Waals surface area contributed by atoms with Crippen LogP contribution in [0.5, 0.6) is 0 Å². The molecule has 1 aromatic heterocycles. The molecule has 0 aliphatic heterocycles. The predicted octanol–water partition coefficient (Wildman–Crippen LogP) is 3.57. The standard InChI is InChI=1S/C20H20N2O/c23-15-20(17-7-2-1-3-8-17)22-13-16-6-4-9-18(12-16)19-10-5-11-21-14-19/h1-12,14,20,22-23H,13,15H2. The molecule has 2 N–H and O–H groups in total. The van der Waals surface area contributed by atoms with Crippen molar-refractivity contribution >= 4 is 0 Å². The Bertz CT molecular complexity index is 729. The van der Waals surface area contributed by atoms with Crippen molar-refractivity contribution in [3.05, 3.63) is 90.3 Å². The summed E-state index contributed by atoms with van der Waals surface area (Å²) in [5.74, 6) is 0. The van der Waals surface area contributed by atoms with Crippen LogP contribution in [0.25, 0.3) is 11.1 Å². The van der Waals surface area contributed by atoms with Crippen molar-refractivity contribution in [2.75, 3.05) is 6.61 Å². The van der Waals surface area contributed by atoms with Gasteiger partial charge in [0.05, 0.1) is 12.6 Å². The zero-order chi connectivity index (χ0) is 15.9. The van der Waals surface area contributed by atoms with Crippen LogP contribution in [0.15, 0.2) is 79.1 Å². The van der Waals surface area contributed by atoms with E-state index < -0.39 is 0 Å². The Morgan fingerprint density at radius 1 is 0.913 bits per heavy atom. The number of nitrogens with one attached hydrogen (secondary N) is 1. The molecule has 0 saturated heterocycles. The number of aliphatic hydroxyl groups excluding tert-OH is 1. The summed E-state index contributed by atoms with van der Waals surface area (Å²) in [4.78, 5) is 4.17. The van der Waals surface area contributed by atoms with Crippen LogP contribution in [-0.2, 0) is 6.54 Å². The van der Waals surface area contributed by atoms with E-state index in [1.807, 2.05) is 42.6 Å². The van der Waals surface area contributed by atoms with Crippen molar-refractivity contribution in [1.82, 2.24) is 10.3 Å². The number of aliphatic hydroxyl groups is 1. The molecule has 1 heterocycles. The minimum absolute atomic E-state index is 0.0572. The molecule has 3 rings (SSSR count). The fraction of sp³-hybridized carbons (Fsp3) is 0.150. The second kappa shape index (κ2) is 7.68. The van der Waals surface area contributed by atoms with Crippen molar-refractivity contribution in [2.45, 2.75) is 12.6 Å². The molecule has 1 unspecified atom stereocenters. The topological polar surface area (TPSA) is 45.1 Å². The smallest absolute Gasteiger partial charge is 0.0626 e. The Morgan fingerprint density at radius 2 is 1.74 bits per heavy atom. The van der Waals surface area contributed by atoms with Gasteiger partial charge in [-0.15, -0.1) is 0 Å². The van der Waals surface area contributed by atoms with Gasteiger partial charge in [-0.2, -0.15) is 0 Å². The van der Waals surface area contributed by atoms with Crippen LogP contribution in [0.2, 0.25) is 0 Å². The molecule has 0 radical (unpaired) electrons. The molecule has 3 heteroatoms. The van der Waals surface area contributed by atoms with Crippen LogP contribution in [0, 0.1) is 0 Å². The minimum Gasteiger partial charge on any atom is -0.394 e. The van der Waals surface area contributed by atoms with Gasteiger partial charge < -0.3 is 10.4 Å². The molecule has 116 valence electrons. The third-order valence-electron chi connectivity index (χ3n) is 3.86. The molecule has 0 aliphatic rings. The van der Waals surface area contributed by atoms with Crippen LogP contribution in [0.3, 0.4) is 0 Å². The molecule has 0 spiro atoms. The highest BCUT2D eigenvalue weighted by Crippen LogP contribution is 2.20. The number of rotatable bonds is 6. The van der Waals surface area contributed by atoms with E-state index in [-0.39, 0.29) is 12.6 Å². The van der Waals surface area contributed by atoms with Crippen LogP contribution in [-0.4, -0.2) is 16.7 Å². The summed E-state index contributed by atoms with van der Waals surface area (Å²) in [7, 11) is 0. The van der Waals surface area contributed by atoms with Gasteiger partial charge in [-0.25, -0.2) is 0 Å². The highest BCUT2D eigenvalue weighted by atomic mass is 16.3. The van der Waals surface area contributed by atoms with Gasteiger partial charge in [0.1, 0.15) is 0 Å². The molecule has 0 aliphatic carbocycles. The van der Waals surface area contributed by atoms with Gasteiger partial charge in [0.15, 0.2) is 0 Å². The average Bonchev–Trinajstić information content (AvgIpc) is 2.64. The van der Waals surface area contributed by atoms with Crippen molar-refractivity contribution in [3.63, 3.8) is 0 Å². The van der Waals surface area contributed by atoms with Crippen LogP contribution in [0.4, 0.5) is 0 Å². The molecule has 1 atom stereocenters. The molecule has 3 aromatic rings. The lowest BCUT2D eigenvalue weighted by atomic mass is 10.0. The second-order valence-electron chi connectivity index (χ2n) is 5.47. The first-order valence-electron chi connectivity index (χ1n) is 7.75. The third kappa shape index (κ3) is 4.03. The summed E-state index contributed by atoms with van der Waals surface area (Å²) < 4.78 is 0. The minimum atomic E-state index is -0.0572. The first-order valence-corrected chi connectivity index (χ1v) is 7.75. The maximum atomic E-state index is 9.62. The molecule has 0 saturated carbocycles. The van der Waals surface area contributed by atoms with E-state index in [2.05, 4.69) is 40.6 Å². The second-order valence-corrected chi connectivity index (χ2v) is 5.47. The molecule has 0 bridgehead atoms. The number of hydrogen-bond acceptors (Lipinski definition) is 3. The van der Waals surface area contributed by atoms with Crippen LogP contribution < -0.4 is 5.32 Å². The average molecular weight is 304 g/mol. The van der Waals surface area contributed by atoms with Gasteiger partial charge in [-0.3, -0.25) is 4.98 Å². The van der Waals surface area contributed by atoms with Crippen molar-refractivity contribution < 1.29 is 5.11 Å². The maximum absolute atomic E-state index is 9.62. The fourth-order valence-corrected chi connectivity index (χ4v) is 2.61. The normalized spacial score (nSPS) is 12.0. The zero-order valence-electron chi connectivity index (χ0n) is 12.9. The van der Waals surface area contributed by atoms with Gasteiger partial charge in [0.2, 0.25) is 0 Å². The van der Waals surface area contributed by atoms with Gasteiger partial charge in [-0.1, -0.05) is 54.6 Å². The molecular formula is C20H20N2O. The Hall–Kier alpha value is -2.49. The lowest BCUT2D eigenvalue weighted by Crippen LogP contribution is -2.23. The van der Waals surface area contributed by atoms with Crippen LogP contribution in [0.1, 0.15) is 17.2 Å². The van der Waals surface area contributed by atoms with Crippen molar-refractivity contribution in [1.29, 1.82) is 0 Å². The lowest BCUT2D eigenvalue weighted by molar-refractivity contribution is 0.243. The zero-order valence-corrected chi connectivity index (χ0v) is 12.9. The first kappa shape index (κ1) is 15.4. The number of benzene rings is 2. The Kier molecular flexibility index (Phi) is 5.14. The van der Waals surface area contributed by atoms with Crippen molar-refractivity contribution in [2.24, 2.45) is 0 Å². The Morgan fingerprint density at radius 3 is 2.48 bits per heavy atom. The Labute approximate surface area is 136 Å². The SMILES string of the molecule is OCC(NCc1cccc(-c2cccnc2)c1)c1ccccc1. The van der Waals surface area contributed by atoms with E-state index in [9.17, 15) is 5.11 Å². The van der Waals surface area contributed by atoms with Crippen LogP contribution >= 0.6 is 0 Å². The van der Waals surface area contributed by atoms with E-state index in [1.54, 1.807) is 6.20 Å². The molecule has 0 amide bonds. The molecule has 3 nitrogen and oxygen atoms in total. The van der Waals surface area contributed by atoms with Gasteiger partial charge in [0.25, 0.3) is 0 Å². The summed E-state index contributed by atoms with van der Waals surface area (Å²) in [5.41, 5.74) is 4.54. The fourth-order valence-electron chi connectivity index (χ4n) is 2.61. The number of pyridine rings is 1. The summed E-state index contributed by atoms with van der Waals surface area (Å²) in [6.45, 7) is 0.778. The van der Waals surface area contributed by atoms with Crippen molar-refractivity contribution in [3.8, 4) is 11.1 Å². The summed E-state index contributed by atoms with van der Waals surface area (Å²) in [6.07, 6.45) is 3.65. The predicted molar refractivity (Wildman–Crippen MR) is 92.8 cm³/mol. The molecule has 23 heavy (non-hydrogen) atoms. The Balaban J connectivity index is 1.71. The lowest BCUT2D eigenvalue weighted by Gasteiger charge is -2.17. The highest BCUT2D eigenvalue weighted by molar-refractivity contribution is 5.62. The van der Waals surface area contributed by atoms with E-state index in [0.29, 0.717) is 6.54 Å². The van der Waals surface area contributed by atoms with E-state index in [0.717, 1.165) is 16.7 Å². The van der Waals surface area contributed by atoms with Gasteiger partial charge in [0, 0.05) is 18.9 Å². The van der Waals surface area contributed by atoms with E-state index in [4.69, 9.17) is 0 Å². The number of nitrogens with zero attached hydrogens (tertiary/aromatic N) is 1. The summed E-state index contributed by atoms with van der Waals surface area (Å²) in [6, 6.07) is 22.3. The summed E-state index contributed by atoms with van der Waals surface area (Å²) in [5, 5.41) is 13.0.